The molecule has 0 amide bonds. The highest BCUT2D eigenvalue weighted by atomic mass is 32.2. The van der Waals surface area contributed by atoms with Gasteiger partial charge in [0.2, 0.25) is 0 Å². The fraction of sp³-hybridized carbons (Fsp3) is 1.00. The summed E-state index contributed by atoms with van der Waals surface area (Å²) in [6.07, 6.45) is 3.02. The molecule has 1 aliphatic carbocycles. The zero-order chi connectivity index (χ0) is 9.19. The van der Waals surface area contributed by atoms with Crippen LogP contribution in [0.3, 0.4) is 0 Å². The van der Waals surface area contributed by atoms with E-state index in [2.05, 4.69) is 0 Å². The van der Waals surface area contributed by atoms with Gasteiger partial charge in [-0.2, -0.15) is 8.42 Å². The second-order valence-corrected chi connectivity index (χ2v) is 4.79. The highest BCUT2D eigenvalue weighted by Crippen LogP contribution is 2.22. The van der Waals surface area contributed by atoms with Crippen LogP contribution in [-0.2, 0) is 14.3 Å². The minimum Gasteiger partial charge on any atom is -0.390 e. The molecule has 12 heavy (non-hydrogen) atoms. The van der Waals surface area contributed by atoms with Crippen LogP contribution in [0.15, 0.2) is 0 Å². The highest BCUT2D eigenvalue weighted by molar-refractivity contribution is 7.86. The van der Waals surface area contributed by atoms with Crippen LogP contribution >= 0.6 is 0 Å². The first-order valence-electron chi connectivity index (χ1n) is 4.05. The van der Waals surface area contributed by atoms with Gasteiger partial charge in [-0.3, -0.25) is 4.18 Å². The number of aliphatic hydroxyl groups is 1. The molecule has 0 radical (unpaired) electrons. The van der Waals surface area contributed by atoms with E-state index in [0.717, 1.165) is 19.1 Å². The number of aliphatic hydroxyl groups excluding tert-OH is 1. The molecule has 0 bridgehead atoms. The quantitative estimate of drug-likeness (QED) is 0.641. The van der Waals surface area contributed by atoms with Gasteiger partial charge in [0, 0.05) is 0 Å². The second kappa shape index (κ2) is 3.72. The molecule has 0 unspecified atom stereocenters. The Balaban J connectivity index is 2.50. The van der Waals surface area contributed by atoms with Crippen molar-refractivity contribution >= 4 is 10.1 Å². The molecule has 0 heterocycles. The first-order chi connectivity index (χ1) is 5.49. The summed E-state index contributed by atoms with van der Waals surface area (Å²) in [6.45, 7) is 0. The van der Waals surface area contributed by atoms with E-state index in [4.69, 9.17) is 4.18 Å². The molecule has 1 N–H and O–H groups in total. The van der Waals surface area contributed by atoms with E-state index < -0.39 is 22.3 Å². The van der Waals surface area contributed by atoms with Crippen molar-refractivity contribution in [2.45, 2.75) is 37.9 Å². The zero-order valence-electron chi connectivity index (χ0n) is 7.06. The lowest BCUT2D eigenvalue weighted by atomic mass is 9.95. The average molecular weight is 194 g/mol. The third kappa shape index (κ3) is 3.08. The molecule has 2 atom stereocenters. The van der Waals surface area contributed by atoms with E-state index >= 15 is 0 Å². The summed E-state index contributed by atoms with van der Waals surface area (Å²) in [5, 5.41) is 9.34. The summed E-state index contributed by atoms with van der Waals surface area (Å²) in [4.78, 5) is 0. The van der Waals surface area contributed by atoms with Crippen LogP contribution in [0.5, 0.6) is 0 Å². The third-order valence-electron chi connectivity index (χ3n) is 1.97. The Morgan fingerprint density at radius 3 is 2.42 bits per heavy atom. The first kappa shape index (κ1) is 9.95. The van der Waals surface area contributed by atoms with E-state index in [0.29, 0.717) is 12.8 Å². The van der Waals surface area contributed by atoms with E-state index in [1.165, 1.54) is 0 Å². The fourth-order valence-corrected chi connectivity index (χ4v) is 2.09. The fourth-order valence-electron chi connectivity index (χ4n) is 1.41. The van der Waals surface area contributed by atoms with Gasteiger partial charge in [-0.15, -0.1) is 0 Å². The van der Waals surface area contributed by atoms with E-state index in [9.17, 15) is 13.5 Å². The van der Waals surface area contributed by atoms with Crippen molar-refractivity contribution in [3.63, 3.8) is 0 Å². The lowest BCUT2D eigenvalue weighted by Gasteiger charge is -2.26. The van der Waals surface area contributed by atoms with Crippen molar-refractivity contribution in [2.75, 3.05) is 6.26 Å². The van der Waals surface area contributed by atoms with Crippen LogP contribution in [0.1, 0.15) is 25.7 Å². The van der Waals surface area contributed by atoms with Gasteiger partial charge in [0.05, 0.1) is 12.4 Å². The summed E-state index contributed by atoms with van der Waals surface area (Å²) in [5.74, 6) is 0. The third-order valence-corrected chi connectivity index (χ3v) is 2.56. The van der Waals surface area contributed by atoms with Gasteiger partial charge in [0.15, 0.2) is 0 Å². The van der Waals surface area contributed by atoms with Gasteiger partial charge in [-0.1, -0.05) is 12.8 Å². The molecular formula is C7H14O4S. The van der Waals surface area contributed by atoms with Gasteiger partial charge >= 0.3 is 0 Å². The summed E-state index contributed by atoms with van der Waals surface area (Å²) in [6, 6.07) is 0. The Bertz CT molecular complexity index is 234. The molecule has 0 aromatic rings. The van der Waals surface area contributed by atoms with Crippen molar-refractivity contribution in [1.29, 1.82) is 0 Å². The van der Waals surface area contributed by atoms with Crippen LogP contribution in [0.4, 0.5) is 0 Å². The van der Waals surface area contributed by atoms with Gasteiger partial charge in [0.25, 0.3) is 10.1 Å². The normalized spacial score (nSPS) is 31.8. The molecule has 0 aromatic heterocycles. The van der Waals surface area contributed by atoms with Crippen LogP contribution in [0.2, 0.25) is 0 Å². The van der Waals surface area contributed by atoms with Gasteiger partial charge in [-0.25, -0.2) is 0 Å². The molecule has 4 nitrogen and oxygen atoms in total. The Morgan fingerprint density at radius 1 is 1.33 bits per heavy atom. The molecule has 1 rings (SSSR count). The predicted molar refractivity (Wildman–Crippen MR) is 44.2 cm³/mol. The van der Waals surface area contributed by atoms with Gasteiger partial charge in [-0.05, 0) is 12.8 Å². The molecule has 1 saturated carbocycles. The monoisotopic (exact) mass is 194 g/mol. The Hall–Kier alpha value is -0.130. The number of hydrogen-bond donors (Lipinski definition) is 1. The van der Waals surface area contributed by atoms with E-state index in [1.54, 1.807) is 0 Å². The smallest absolute Gasteiger partial charge is 0.264 e. The van der Waals surface area contributed by atoms with Gasteiger partial charge in [0.1, 0.15) is 6.10 Å². The average Bonchev–Trinajstić information content (AvgIpc) is 1.91. The van der Waals surface area contributed by atoms with Crippen molar-refractivity contribution < 1.29 is 17.7 Å². The maximum Gasteiger partial charge on any atom is 0.264 e. The summed E-state index contributed by atoms with van der Waals surface area (Å²) >= 11 is 0. The Labute approximate surface area is 72.7 Å². The maximum atomic E-state index is 10.7. The molecule has 0 saturated heterocycles. The second-order valence-electron chi connectivity index (χ2n) is 3.19. The molecule has 5 heteroatoms. The van der Waals surface area contributed by atoms with Crippen LogP contribution in [0.25, 0.3) is 0 Å². The van der Waals surface area contributed by atoms with Crippen molar-refractivity contribution in [3.8, 4) is 0 Å². The van der Waals surface area contributed by atoms with Crippen LogP contribution in [-0.4, -0.2) is 32.0 Å². The molecule has 0 aliphatic heterocycles. The van der Waals surface area contributed by atoms with Crippen LogP contribution < -0.4 is 0 Å². The minimum absolute atomic E-state index is 0.520. The molecule has 0 spiro atoms. The summed E-state index contributed by atoms with van der Waals surface area (Å²) in [7, 11) is -3.42. The summed E-state index contributed by atoms with van der Waals surface area (Å²) < 4.78 is 26.1. The molecular weight excluding hydrogens is 180 g/mol. The minimum atomic E-state index is -3.42. The standard InChI is InChI=1S/C7H14O4S/c1-12(9,10)11-7-5-3-2-4-6(7)8/h6-8H,2-5H2,1H3/t6-,7-/m1/s1. The Kier molecular flexibility index (Phi) is 3.09. The maximum absolute atomic E-state index is 10.7. The predicted octanol–water partition coefficient (Wildman–Crippen LogP) is 0.266. The molecule has 1 fully saturated rings. The van der Waals surface area contributed by atoms with Crippen LogP contribution in [0, 0.1) is 0 Å². The van der Waals surface area contributed by atoms with Crippen molar-refractivity contribution in [1.82, 2.24) is 0 Å². The molecule has 72 valence electrons. The zero-order valence-corrected chi connectivity index (χ0v) is 7.88. The van der Waals surface area contributed by atoms with Gasteiger partial charge < -0.3 is 5.11 Å². The summed E-state index contributed by atoms with van der Waals surface area (Å²) in [5.41, 5.74) is 0. The van der Waals surface area contributed by atoms with Crippen molar-refractivity contribution in [2.24, 2.45) is 0 Å². The lowest BCUT2D eigenvalue weighted by Crippen LogP contribution is -2.33. The van der Waals surface area contributed by atoms with Crippen molar-refractivity contribution in [3.05, 3.63) is 0 Å². The number of hydrogen-bond acceptors (Lipinski definition) is 4. The van der Waals surface area contributed by atoms with E-state index in [1.807, 2.05) is 0 Å². The Morgan fingerprint density at radius 2 is 1.92 bits per heavy atom. The lowest BCUT2D eigenvalue weighted by molar-refractivity contribution is 0.0110. The SMILES string of the molecule is CS(=O)(=O)O[C@@H]1CCCC[C@H]1O. The molecule has 0 aromatic carbocycles. The first-order valence-corrected chi connectivity index (χ1v) is 5.87. The highest BCUT2D eigenvalue weighted by Gasteiger charge is 2.26. The number of rotatable bonds is 2. The van der Waals surface area contributed by atoms with E-state index in [-0.39, 0.29) is 0 Å². The molecule has 1 aliphatic rings. The topological polar surface area (TPSA) is 63.6 Å². The largest absolute Gasteiger partial charge is 0.390 e.